The molecule has 1 spiro atoms. The molecule has 2 aliphatic rings. The predicted molar refractivity (Wildman–Crippen MR) is 112 cm³/mol. The van der Waals surface area contributed by atoms with Crippen LogP contribution in [0.2, 0.25) is 0 Å². The van der Waals surface area contributed by atoms with E-state index in [0.29, 0.717) is 18.2 Å². The highest BCUT2D eigenvalue weighted by Gasteiger charge is 2.49. The first-order valence-corrected chi connectivity index (χ1v) is 11.9. The summed E-state index contributed by atoms with van der Waals surface area (Å²) in [5.41, 5.74) is -1.60. The molecule has 0 radical (unpaired) electrons. The number of hydrogen-bond donors (Lipinski definition) is 1. The Balaban J connectivity index is 1.57. The second-order valence-corrected chi connectivity index (χ2v) is 10.2. The van der Waals surface area contributed by atoms with Crippen molar-refractivity contribution in [2.24, 2.45) is 0 Å². The van der Waals surface area contributed by atoms with Gasteiger partial charge in [-0.3, -0.25) is 9.69 Å². The maximum Gasteiger partial charge on any atom is 0.431 e. The highest BCUT2D eigenvalue weighted by atomic mass is 32.2. The average molecular weight is 489 g/mol. The summed E-state index contributed by atoms with van der Waals surface area (Å²) >= 11 is 0. The van der Waals surface area contributed by atoms with Gasteiger partial charge in [0.25, 0.3) is 5.91 Å². The molecular weight excluding hydrogens is 464 g/mol. The zero-order valence-electron chi connectivity index (χ0n) is 18.1. The minimum Gasteiger partial charge on any atom is -0.338 e. The normalized spacial score (nSPS) is 19.0. The van der Waals surface area contributed by atoms with Crippen LogP contribution in [0, 0.1) is 5.82 Å². The second-order valence-electron chi connectivity index (χ2n) is 8.35. The van der Waals surface area contributed by atoms with E-state index in [-0.39, 0.29) is 49.0 Å². The third kappa shape index (κ3) is 3.93. The Morgan fingerprint density at radius 3 is 2.21 bits per heavy atom. The van der Waals surface area contributed by atoms with E-state index in [1.807, 2.05) is 4.90 Å². The van der Waals surface area contributed by atoms with E-state index < -0.39 is 33.2 Å². The lowest BCUT2D eigenvalue weighted by Crippen LogP contribution is -2.57. The Hall–Kier alpha value is -2.44. The van der Waals surface area contributed by atoms with Crippen molar-refractivity contribution in [2.45, 2.75) is 36.0 Å². The molecule has 4 rings (SSSR count). The minimum atomic E-state index is -4.65. The maximum atomic E-state index is 14.8. The molecule has 33 heavy (non-hydrogen) atoms. The molecular formula is C21H24F4N4O3S. The summed E-state index contributed by atoms with van der Waals surface area (Å²) in [5.74, 6) is -1.20. The standard InChI is InChI=1S/C21H24F4N4O3S/c1-26-33(31,32)15-5-3-14(4-6-15)19(30)28-9-7-20(8-10-28)18-16(22)13-17(21(23,24)25)29(18)12-11-27(20)2/h3-6,13,26H,7-12H2,1-2H3. The summed E-state index contributed by atoms with van der Waals surface area (Å²) in [6.07, 6.45) is -4.10. The molecule has 1 aromatic carbocycles. The summed E-state index contributed by atoms with van der Waals surface area (Å²) < 4.78 is 82.1. The van der Waals surface area contributed by atoms with Crippen LogP contribution in [0.15, 0.2) is 35.2 Å². The Morgan fingerprint density at radius 2 is 1.67 bits per heavy atom. The first kappa shape index (κ1) is 23.7. The molecule has 1 fully saturated rings. The molecule has 2 aliphatic heterocycles. The van der Waals surface area contributed by atoms with E-state index in [0.717, 1.165) is 4.57 Å². The zero-order valence-corrected chi connectivity index (χ0v) is 18.9. The highest BCUT2D eigenvalue weighted by molar-refractivity contribution is 7.89. The van der Waals surface area contributed by atoms with Crippen molar-refractivity contribution in [1.29, 1.82) is 0 Å². The SMILES string of the molecule is CNS(=O)(=O)c1ccc(C(=O)N2CCC3(CC2)c2c(F)cc(C(F)(F)F)n2CCN3C)cc1. The van der Waals surface area contributed by atoms with Crippen molar-refractivity contribution < 1.29 is 30.8 Å². The first-order chi connectivity index (χ1) is 15.4. The van der Waals surface area contributed by atoms with Crippen molar-refractivity contribution in [3.05, 3.63) is 53.1 Å². The van der Waals surface area contributed by atoms with Gasteiger partial charge < -0.3 is 9.47 Å². The zero-order chi connectivity index (χ0) is 24.2. The summed E-state index contributed by atoms with van der Waals surface area (Å²) in [6, 6.07) is 6.07. The van der Waals surface area contributed by atoms with Gasteiger partial charge in [-0.15, -0.1) is 0 Å². The number of amides is 1. The maximum absolute atomic E-state index is 14.8. The van der Waals surface area contributed by atoms with E-state index in [1.54, 1.807) is 11.9 Å². The number of likely N-dealkylation sites (tertiary alicyclic amines) is 1. The van der Waals surface area contributed by atoms with E-state index in [1.165, 1.54) is 31.3 Å². The Bertz CT molecular complexity index is 1170. The number of benzene rings is 1. The Kier molecular flexibility index (Phi) is 5.82. The van der Waals surface area contributed by atoms with Crippen LogP contribution in [-0.2, 0) is 28.3 Å². The molecule has 0 unspecified atom stereocenters. The Labute approximate surface area is 189 Å². The third-order valence-electron chi connectivity index (χ3n) is 6.73. The topological polar surface area (TPSA) is 74.6 Å². The summed E-state index contributed by atoms with van der Waals surface area (Å²) in [7, 11) is -0.575. The molecule has 0 saturated carbocycles. The highest BCUT2D eigenvalue weighted by Crippen LogP contribution is 2.45. The van der Waals surface area contributed by atoms with Crippen LogP contribution in [0.4, 0.5) is 17.6 Å². The van der Waals surface area contributed by atoms with Gasteiger partial charge in [-0.2, -0.15) is 13.2 Å². The molecule has 1 aromatic heterocycles. The number of sulfonamides is 1. The number of halogens is 4. The van der Waals surface area contributed by atoms with Gasteiger partial charge in [0, 0.05) is 37.8 Å². The van der Waals surface area contributed by atoms with Crippen molar-refractivity contribution in [3.63, 3.8) is 0 Å². The molecule has 7 nitrogen and oxygen atoms in total. The van der Waals surface area contributed by atoms with E-state index >= 15 is 0 Å². The van der Waals surface area contributed by atoms with Gasteiger partial charge in [-0.05, 0) is 51.2 Å². The van der Waals surface area contributed by atoms with Gasteiger partial charge >= 0.3 is 6.18 Å². The average Bonchev–Trinajstić information content (AvgIpc) is 3.14. The van der Waals surface area contributed by atoms with Gasteiger partial charge in [-0.1, -0.05) is 0 Å². The van der Waals surface area contributed by atoms with E-state index in [4.69, 9.17) is 0 Å². The largest absolute Gasteiger partial charge is 0.431 e. The number of hydrogen-bond acceptors (Lipinski definition) is 4. The van der Waals surface area contributed by atoms with Crippen LogP contribution in [0.1, 0.15) is 34.6 Å². The molecule has 0 bridgehead atoms. The summed E-state index contributed by atoms with van der Waals surface area (Å²) in [6.45, 7) is 0.827. The van der Waals surface area contributed by atoms with Crippen molar-refractivity contribution in [3.8, 4) is 0 Å². The summed E-state index contributed by atoms with van der Waals surface area (Å²) in [5, 5.41) is 0. The monoisotopic (exact) mass is 488 g/mol. The number of nitrogens with zero attached hydrogens (tertiary/aromatic N) is 3. The number of piperidine rings is 1. The molecule has 1 amide bonds. The molecule has 2 aromatic rings. The second kappa shape index (κ2) is 8.10. The van der Waals surface area contributed by atoms with E-state index in [9.17, 15) is 30.8 Å². The van der Waals surface area contributed by atoms with Gasteiger partial charge in [0.05, 0.1) is 16.1 Å². The van der Waals surface area contributed by atoms with Crippen LogP contribution in [0.3, 0.4) is 0 Å². The minimum absolute atomic E-state index is 0.0253. The fraction of sp³-hybridized carbons (Fsp3) is 0.476. The number of fused-ring (bicyclic) bond motifs is 2. The third-order valence-corrected chi connectivity index (χ3v) is 8.16. The molecule has 0 aliphatic carbocycles. The van der Waals surface area contributed by atoms with Gasteiger partial charge in [0.2, 0.25) is 10.0 Å². The Morgan fingerprint density at radius 1 is 1.06 bits per heavy atom. The number of rotatable bonds is 3. The molecule has 3 heterocycles. The van der Waals surface area contributed by atoms with Gasteiger partial charge in [0.1, 0.15) is 11.5 Å². The van der Waals surface area contributed by atoms with Crippen LogP contribution in [0.25, 0.3) is 0 Å². The molecule has 1 N–H and O–H groups in total. The first-order valence-electron chi connectivity index (χ1n) is 10.4. The van der Waals surface area contributed by atoms with E-state index in [2.05, 4.69) is 4.72 Å². The number of likely N-dealkylation sites (N-methyl/N-ethyl adjacent to an activating group) is 1. The van der Waals surface area contributed by atoms with Crippen LogP contribution in [0.5, 0.6) is 0 Å². The van der Waals surface area contributed by atoms with Crippen LogP contribution in [-0.4, -0.2) is 62.4 Å². The van der Waals surface area contributed by atoms with Crippen molar-refractivity contribution >= 4 is 15.9 Å². The summed E-state index contributed by atoms with van der Waals surface area (Å²) in [4.78, 5) is 16.4. The lowest BCUT2D eigenvalue weighted by molar-refractivity contribution is -0.144. The molecule has 1 saturated heterocycles. The smallest absolute Gasteiger partial charge is 0.338 e. The number of alkyl halides is 3. The van der Waals surface area contributed by atoms with Gasteiger partial charge in [-0.25, -0.2) is 17.5 Å². The molecule has 180 valence electrons. The molecule has 12 heteroatoms. The number of aromatic nitrogens is 1. The quantitative estimate of drug-likeness (QED) is 0.675. The fourth-order valence-electron chi connectivity index (χ4n) is 4.88. The predicted octanol–water partition coefficient (Wildman–Crippen LogP) is 2.63. The molecule has 0 atom stereocenters. The van der Waals surface area contributed by atoms with Crippen LogP contribution < -0.4 is 4.72 Å². The lowest BCUT2D eigenvalue weighted by Gasteiger charge is -2.50. The van der Waals surface area contributed by atoms with Crippen molar-refractivity contribution in [2.75, 3.05) is 33.7 Å². The lowest BCUT2D eigenvalue weighted by atomic mass is 9.81. The number of carbonyl (C=O) groups excluding carboxylic acids is 1. The number of carbonyl (C=O) groups is 1. The van der Waals surface area contributed by atoms with Crippen LogP contribution >= 0.6 is 0 Å². The van der Waals surface area contributed by atoms with Gasteiger partial charge in [0.15, 0.2) is 0 Å². The number of nitrogens with one attached hydrogen (secondary N) is 1. The fourth-order valence-corrected chi connectivity index (χ4v) is 5.61. The van der Waals surface area contributed by atoms with Crippen molar-refractivity contribution in [1.82, 2.24) is 19.1 Å².